The molecule has 0 N–H and O–H groups in total. The third-order valence-electron chi connectivity index (χ3n) is 0.896. The highest BCUT2D eigenvalue weighted by molar-refractivity contribution is 5.28. The number of hydrogen-bond donors (Lipinski definition) is 0. The highest BCUT2D eigenvalue weighted by Crippen LogP contribution is 1.90. The van der Waals surface area contributed by atoms with E-state index in [1.165, 1.54) is 17.1 Å². The summed E-state index contributed by atoms with van der Waals surface area (Å²) in [5.74, 6) is 2.39. The Bertz CT molecular complexity index is 254. The molecule has 1 heterocycles. The monoisotopic (exact) mass is 119 g/mol. The second-order valence-corrected chi connectivity index (χ2v) is 1.39. The van der Waals surface area contributed by atoms with Crippen molar-refractivity contribution in [2.75, 3.05) is 0 Å². The van der Waals surface area contributed by atoms with E-state index >= 15 is 0 Å². The fourth-order valence-corrected chi connectivity index (χ4v) is 0.482. The van der Waals surface area contributed by atoms with Gasteiger partial charge < -0.3 is 0 Å². The molecule has 0 spiro atoms. The van der Waals surface area contributed by atoms with Crippen LogP contribution in [0.5, 0.6) is 0 Å². The van der Waals surface area contributed by atoms with Crippen LogP contribution in [-0.4, -0.2) is 15.0 Å². The molecule has 1 aromatic rings. The lowest BCUT2D eigenvalue weighted by Crippen LogP contribution is -1.90. The Hall–Kier alpha value is -1.56. The molecular weight excluding hydrogens is 114 g/mol. The van der Waals surface area contributed by atoms with Gasteiger partial charge >= 0.3 is 0 Å². The van der Waals surface area contributed by atoms with Gasteiger partial charge in [-0.2, -0.15) is 0 Å². The zero-order valence-corrected chi connectivity index (χ0v) is 4.78. The van der Waals surface area contributed by atoms with Crippen LogP contribution >= 0.6 is 0 Å². The van der Waals surface area contributed by atoms with Gasteiger partial charge in [0.15, 0.2) is 0 Å². The zero-order valence-electron chi connectivity index (χ0n) is 4.78. The molecule has 3 nitrogen and oxygen atoms in total. The molecule has 0 saturated carbocycles. The van der Waals surface area contributed by atoms with E-state index in [1.807, 2.05) is 0 Å². The van der Waals surface area contributed by atoms with Gasteiger partial charge in [-0.05, 0) is 5.92 Å². The Kier molecular flexibility index (Phi) is 1.32. The quantitative estimate of drug-likeness (QED) is 0.500. The summed E-state index contributed by atoms with van der Waals surface area (Å²) in [6.45, 7) is 3.48. The third-order valence-corrected chi connectivity index (χ3v) is 0.896. The molecule has 0 fully saturated rings. The zero-order chi connectivity index (χ0) is 6.69. The summed E-state index contributed by atoms with van der Waals surface area (Å²) in [6, 6.07) is 0. The standard InChI is InChI=1S/C6H5N3/c1-3-6-5-7-8-9(6)4-2/h1,4-5H,2H2. The van der Waals surface area contributed by atoms with Gasteiger partial charge in [0.1, 0.15) is 5.69 Å². The van der Waals surface area contributed by atoms with Gasteiger partial charge in [0, 0.05) is 6.20 Å². The average Bonchev–Trinajstić information content (AvgIpc) is 2.33. The third kappa shape index (κ3) is 0.820. The number of terminal acetylenes is 1. The van der Waals surface area contributed by atoms with Crippen LogP contribution in [0.2, 0.25) is 0 Å². The van der Waals surface area contributed by atoms with Gasteiger partial charge in [-0.15, -0.1) is 11.5 Å². The van der Waals surface area contributed by atoms with Crippen molar-refractivity contribution in [3.05, 3.63) is 18.5 Å². The minimum Gasteiger partial charge on any atom is -0.213 e. The summed E-state index contributed by atoms with van der Waals surface area (Å²) in [5.41, 5.74) is 0.616. The lowest BCUT2D eigenvalue weighted by atomic mass is 10.5. The van der Waals surface area contributed by atoms with Crippen molar-refractivity contribution < 1.29 is 0 Å². The predicted octanol–water partition coefficient (Wildman–Crippen LogP) is 0.360. The van der Waals surface area contributed by atoms with E-state index in [0.29, 0.717) is 5.69 Å². The van der Waals surface area contributed by atoms with Gasteiger partial charge in [0.25, 0.3) is 0 Å². The van der Waals surface area contributed by atoms with E-state index in [-0.39, 0.29) is 0 Å². The SMILES string of the molecule is C#Cc1cnnn1C=C. The Balaban J connectivity index is 3.17. The molecule has 44 valence electrons. The molecule has 0 aliphatic rings. The normalized spacial score (nSPS) is 8.33. The molecule has 0 bridgehead atoms. The predicted molar refractivity (Wildman–Crippen MR) is 34.3 cm³/mol. The summed E-state index contributed by atoms with van der Waals surface area (Å²) in [4.78, 5) is 0. The van der Waals surface area contributed by atoms with Crippen molar-refractivity contribution in [1.82, 2.24) is 15.0 Å². The highest BCUT2D eigenvalue weighted by atomic mass is 15.4. The van der Waals surface area contributed by atoms with E-state index in [2.05, 4.69) is 22.8 Å². The smallest absolute Gasteiger partial charge is 0.136 e. The van der Waals surface area contributed by atoms with Crippen molar-refractivity contribution in [1.29, 1.82) is 0 Å². The van der Waals surface area contributed by atoms with E-state index in [1.54, 1.807) is 0 Å². The fourth-order valence-electron chi connectivity index (χ4n) is 0.482. The molecule has 3 heteroatoms. The van der Waals surface area contributed by atoms with E-state index in [4.69, 9.17) is 6.42 Å². The molecule has 0 radical (unpaired) electrons. The molecular formula is C6H5N3. The van der Waals surface area contributed by atoms with Crippen LogP contribution in [-0.2, 0) is 0 Å². The minimum absolute atomic E-state index is 0.616. The minimum atomic E-state index is 0.616. The van der Waals surface area contributed by atoms with Crippen molar-refractivity contribution in [3.63, 3.8) is 0 Å². The molecule has 0 amide bonds. The largest absolute Gasteiger partial charge is 0.213 e. The molecule has 0 aliphatic heterocycles. The average molecular weight is 119 g/mol. The maximum atomic E-state index is 5.07. The van der Waals surface area contributed by atoms with Crippen LogP contribution in [0.4, 0.5) is 0 Å². The molecule has 0 saturated heterocycles. The summed E-state index contributed by atoms with van der Waals surface area (Å²) < 4.78 is 1.43. The van der Waals surface area contributed by atoms with Gasteiger partial charge in [-0.1, -0.05) is 11.8 Å². The van der Waals surface area contributed by atoms with Crippen LogP contribution < -0.4 is 0 Å². The molecule has 0 atom stereocenters. The number of hydrogen-bond acceptors (Lipinski definition) is 2. The van der Waals surface area contributed by atoms with Crippen LogP contribution in [0.15, 0.2) is 12.8 Å². The Labute approximate surface area is 53.0 Å². The first-order valence-corrected chi connectivity index (χ1v) is 2.38. The Morgan fingerprint density at radius 2 is 2.67 bits per heavy atom. The van der Waals surface area contributed by atoms with E-state index in [9.17, 15) is 0 Å². The summed E-state index contributed by atoms with van der Waals surface area (Å²) in [6.07, 6.45) is 8.08. The Morgan fingerprint density at radius 3 is 3.11 bits per heavy atom. The summed E-state index contributed by atoms with van der Waals surface area (Å²) >= 11 is 0. The van der Waals surface area contributed by atoms with Crippen LogP contribution in [0, 0.1) is 12.3 Å². The molecule has 0 unspecified atom stereocenters. The first kappa shape index (κ1) is 5.57. The first-order chi connectivity index (χ1) is 4.38. The lowest BCUT2D eigenvalue weighted by molar-refractivity contribution is 0.836. The summed E-state index contributed by atoms with van der Waals surface area (Å²) in [7, 11) is 0. The first-order valence-electron chi connectivity index (χ1n) is 2.38. The van der Waals surface area contributed by atoms with E-state index < -0.39 is 0 Å². The number of nitrogens with zero attached hydrogens (tertiary/aromatic N) is 3. The highest BCUT2D eigenvalue weighted by Gasteiger charge is 1.92. The van der Waals surface area contributed by atoms with Crippen molar-refractivity contribution in [3.8, 4) is 12.3 Å². The lowest BCUT2D eigenvalue weighted by Gasteiger charge is -1.86. The molecule has 1 rings (SSSR count). The topological polar surface area (TPSA) is 30.7 Å². The summed E-state index contributed by atoms with van der Waals surface area (Å²) in [5, 5.41) is 7.17. The van der Waals surface area contributed by atoms with Crippen molar-refractivity contribution >= 4 is 6.20 Å². The van der Waals surface area contributed by atoms with Crippen molar-refractivity contribution in [2.45, 2.75) is 0 Å². The second kappa shape index (κ2) is 2.14. The number of rotatable bonds is 1. The van der Waals surface area contributed by atoms with Gasteiger partial charge in [-0.25, -0.2) is 4.68 Å². The number of aromatic nitrogens is 3. The van der Waals surface area contributed by atoms with E-state index in [0.717, 1.165) is 0 Å². The molecule has 1 aromatic heterocycles. The molecule has 0 aromatic carbocycles. The maximum Gasteiger partial charge on any atom is 0.136 e. The van der Waals surface area contributed by atoms with Gasteiger partial charge in [0.05, 0.1) is 6.20 Å². The fraction of sp³-hybridized carbons (Fsp3) is 0. The second-order valence-electron chi connectivity index (χ2n) is 1.39. The molecule has 0 aliphatic carbocycles. The van der Waals surface area contributed by atoms with Gasteiger partial charge in [0.2, 0.25) is 0 Å². The van der Waals surface area contributed by atoms with Crippen molar-refractivity contribution in [2.24, 2.45) is 0 Å². The van der Waals surface area contributed by atoms with Crippen LogP contribution in [0.1, 0.15) is 5.69 Å². The van der Waals surface area contributed by atoms with Crippen LogP contribution in [0.3, 0.4) is 0 Å². The maximum absolute atomic E-state index is 5.07. The van der Waals surface area contributed by atoms with Crippen LogP contribution in [0.25, 0.3) is 6.20 Å². The van der Waals surface area contributed by atoms with Gasteiger partial charge in [-0.3, -0.25) is 0 Å². The Morgan fingerprint density at radius 1 is 1.89 bits per heavy atom. The molecule has 9 heavy (non-hydrogen) atoms.